The number of pyridine rings is 1. The molecule has 0 unspecified atom stereocenters. The van der Waals surface area contributed by atoms with Crippen molar-refractivity contribution in [2.75, 3.05) is 5.32 Å². The highest BCUT2D eigenvalue weighted by Gasteiger charge is 2.09. The second kappa shape index (κ2) is 7.04. The molecule has 0 fully saturated rings. The standard InChI is InChI=1S/C19H14Cl2N2O/c1-12-8-9-22-18(10-12)13-2-4-14(5-3-13)19(24)23-17-7-6-15(20)11-16(17)21/h2-11H,1H3,(H,23,24). The van der Waals surface area contributed by atoms with E-state index < -0.39 is 0 Å². The molecule has 3 aromatic rings. The predicted octanol–water partition coefficient (Wildman–Crippen LogP) is 5.62. The summed E-state index contributed by atoms with van der Waals surface area (Å²) < 4.78 is 0. The molecule has 120 valence electrons. The molecule has 0 saturated carbocycles. The zero-order valence-corrected chi connectivity index (χ0v) is 14.4. The van der Waals surface area contributed by atoms with Crippen LogP contribution in [0, 0.1) is 6.92 Å². The van der Waals surface area contributed by atoms with Gasteiger partial charge in [-0.2, -0.15) is 0 Å². The van der Waals surface area contributed by atoms with Gasteiger partial charge in [-0.15, -0.1) is 0 Å². The molecule has 0 saturated heterocycles. The van der Waals surface area contributed by atoms with Gasteiger partial charge in [-0.25, -0.2) is 0 Å². The summed E-state index contributed by atoms with van der Waals surface area (Å²) in [6, 6.07) is 16.2. The second-order valence-electron chi connectivity index (χ2n) is 5.37. The minimum Gasteiger partial charge on any atom is -0.321 e. The molecule has 0 aliphatic carbocycles. The van der Waals surface area contributed by atoms with Gasteiger partial charge in [0.15, 0.2) is 0 Å². The van der Waals surface area contributed by atoms with Crippen molar-refractivity contribution in [3.05, 3.63) is 82.0 Å². The normalized spacial score (nSPS) is 10.5. The molecular weight excluding hydrogens is 343 g/mol. The highest BCUT2D eigenvalue weighted by Crippen LogP contribution is 2.26. The highest BCUT2D eigenvalue weighted by atomic mass is 35.5. The van der Waals surface area contributed by atoms with Crippen LogP contribution >= 0.6 is 23.2 Å². The lowest BCUT2D eigenvalue weighted by Gasteiger charge is -2.08. The van der Waals surface area contributed by atoms with Crippen LogP contribution in [0.15, 0.2) is 60.8 Å². The van der Waals surface area contributed by atoms with Gasteiger partial charge in [-0.3, -0.25) is 9.78 Å². The van der Waals surface area contributed by atoms with E-state index in [2.05, 4.69) is 10.3 Å². The molecule has 1 amide bonds. The Balaban J connectivity index is 1.79. The van der Waals surface area contributed by atoms with Crippen molar-refractivity contribution in [2.24, 2.45) is 0 Å². The number of rotatable bonds is 3. The van der Waals surface area contributed by atoms with Gasteiger partial charge in [0.2, 0.25) is 0 Å². The SMILES string of the molecule is Cc1ccnc(-c2ccc(C(=O)Nc3ccc(Cl)cc3Cl)cc2)c1. The average molecular weight is 357 g/mol. The third-order valence-corrected chi connectivity index (χ3v) is 4.09. The van der Waals surface area contributed by atoms with Crippen LogP contribution in [0.4, 0.5) is 5.69 Å². The fourth-order valence-corrected chi connectivity index (χ4v) is 2.73. The monoisotopic (exact) mass is 356 g/mol. The maximum Gasteiger partial charge on any atom is 0.255 e. The van der Waals surface area contributed by atoms with Crippen molar-refractivity contribution in [3.63, 3.8) is 0 Å². The number of benzene rings is 2. The van der Waals surface area contributed by atoms with Gasteiger partial charge in [-0.1, -0.05) is 35.3 Å². The van der Waals surface area contributed by atoms with Gasteiger partial charge in [0.1, 0.15) is 0 Å². The summed E-state index contributed by atoms with van der Waals surface area (Å²) in [4.78, 5) is 16.7. The minimum atomic E-state index is -0.233. The summed E-state index contributed by atoms with van der Waals surface area (Å²) in [6.07, 6.45) is 1.77. The third-order valence-electron chi connectivity index (χ3n) is 3.54. The first kappa shape index (κ1) is 16.5. The number of aryl methyl sites for hydroxylation is 1. The molecule has 0 atom stereocenters. The summed E-state index contributed by atoms with van der Waals surface area (Å²) in [7, 11) is 0. The van der Waals surface area contributed by atoms with Gasteiger partial charge < -0.3 is 5.32 Å². The van der Waals surface area contributed by atoms with Crippen LogP contribution in [0.2, 0.25) is 10.0 Å². The first-order chi connectivity index (χ1) is 11.5. The summed E-state index contributed by atoms with van der Waals surface area (Å²) in [5.41, 5.74) is 4.04. The number of nitrogens with zero attached hydrogens (tertiary/aromatic N) is 1. The molecule has 1 aromatic heterocycles. The molecule has 1 N–H and O–H groups in total. The van der Waals surface area contributed by atoms with Crippen LogP contribution in [-0.2, 0) is 0 Å². The average Bonchev–Trinajstić information content (AvgIpc) is 2.57. The first-order valence-electron chi connectivity index (χ1n) is 7.32. The van der Waals surface area contributed by atoms with Crippen molar-refractivity contribution >= 4 is 34.8 Å². The van der Waals surface area contributed by atoms with E-state index in [-0.39, 0.29) is 5.91 Å². The zero-order valence-electron chi connectivity index (χ0n) is 12.9. The summed E-state index contributed by atoms with van der Waals surface area (Å²) >= 11 is 11.9. The number of carbonyl (C=O) groups excluding carboxylic acids is 1. The van der Waals surface area contributed by atoms with Gasteiger partial charge in [0.05, 0.1) is 16.4 Å². The number of nitrogens with one attached hydrogen (secondary N) is 1. The molecule has 24 heavy (non-hydrogen) atoms. The van der Waals surface area contributed by atoms with E-state index in [1.54, 1.807) is 36.5 Å². The maximum absolute atomic E-state index is 12.3. The Labute approximate surface area is 150 Å². The molecule has 3 rings (SSSR count). The number of hydrogen-bond donors (Lipinski definition) is 1. The van der Waals surface area contributed by atoms with E-state index in [0.717, 1.165) is 16.8 Å². The first-order valence-corrected chi connectivity index (χ1v) is 8.08. The van der Waals surface area contributed by atoms with Crippen molar-refractivity contribution in [2.45, 2.75) is 6.92 Å². The molecule has 1 heterocycles. The lowest BCUT2D eigenvalue weighted by atomic mass is 10.1. The van der Waals surface area contributed by atoms with Crippen LogP contribution in [0.1, 0.15) is 15.9 Å². The van der Waals surface area contributed by atoms with Crippen molar-refractivity contribution in [1.29, 1.82) is 0 Å². The fraction of sp³-hybridized carbons (Fsp3) is 0.0526. The smallest absolute Gasteiger partial charge is 0.255 e. The molecule has 0 bridgehead atoms. The fourth-order valence-electron chi connectivity index (χ4n) is 2.27. The van der Waals surface area contributed by atoms with Crippen LogP contribution < -0.4 is 5.32 Å². The number of amides is 1. The van der Waals surface area contributed by atoms with E-state index in [4.69, 9.17) is 23.2 Å². The zero-order chi connectivity index (χ0) is 17.1. The molecule has 3 nitrogen and oxygen atoms in total. The van der Waals surface area contributed by atoms with Crippen LogP contribution in [-0.4, -0.2) is 10.9 Å². The van der Waals surface area contributed by atoms with E-state index in [1.807, 2.05) is 31.2 Å². The highest BCUT2D eigenvalue weighted by molar-refractivity contribution is 6.36. The Hall–Kier alpha value is -2.36. The molecule has 0 radical (unpaired) electrons. The molecule has 5 heteroatoms. The van der Waals surface area contributed by atoms with Gasteiger partial charge in [-0.05, 0) is 55.0 Å². The van der Waals surface area contributed by atoms with Crippen LogP contribution in [0.5, 0.6) is 0 Å². The third kappa shape index (κ3) is 3.75. The Morgan fingerprint density at radius 3 is 2.42 bits per heavy atom. The summed E-state index contributed by atoms with van der Waals surface area (Å²) in [6.45, 7) is 2.02. The van der Waals surface area contributed by atoms with Crippen LogP contribution in [0.3, 0.4) is 0 Å². The number of aromatic nitrogens is 1. The molecule has 0 aliphatic rings. The quantitative estimate of drug-likeness (QED) is 0.661. The Bertz CT molecular complexity index is 892. The van der Waals surface area contributed by atoms with Gasteiger partial charge in [0.25, 0.3) is 5.91 Å². The Morgan fingerprint density at radius 1 is 1.00 bits per heavy atom. The summed E-state index contributed by atoms with van der Waals surface area (Å²) in [5, 5.41) is 3.70. The topological polar surface area (TPSA) is 42.0 Å². The molecule has 0 spiro atoms. The minimum absolute atomic E-state index is 0.233. The Kier molecular flexibility index (Phi) is 4.84. The second-order valence-corrected chi connectivity index (χ2v) is 6.22. The largest absolute Gasteiger partial charge is 0.321 e. The van der Waals surface area contributed by atoms with Crippen molar-refractivity contribution < 1.29 is 4.79 Å². The number of carbonyl (C=O) groups is 1. The summed E-state index contributed by atoms with van der Waals surface area (Å²) in [5.74, 6) is -0.233. The molecule has 0 aliphatic heterocycles. The van der Waals surface area contributed by atoms with Gasteiger partial charge >= 0.3 is 0 Å². The van der Waals surface area contributed by atoms with Crippen molar-refractivity contribution in [1.82, 2.24) is 4.98 Å². The maximum atomic E-state index is 12.3. The van der Waals surface area contributed by atoms with Gasteiger partial charge in [0, 0.05) is 22.3 Å². The van der Waals surface area contributed by atoms with E-state index >= 15 is 0 Å². The Morgan fingerprint density at radius 2 is 1.75 bits per heavy atom. The number of halogens is 2. The molecular formula is C19H14Cl2N2O. The van der Waals surface area contributed by atoms with E-state index in [0.29, 0.717) is 21.3 Å². The van der Waals surface area contributed by atoms with Crippen LogP contribution in [0.25, 0.3) is 11.3 Å². The molecule has 2 aromatic carbocycles. The lowest BCUT2D eigenvalue weighted by Crippen LogP contribution is -2.12. The van der Waals surface area contributed by atoms with E-state index in [9.17, 15) is 4.79 Å². The van der Waals surface area contributed by atoms with Crippen molar-refractivity contribution in [3.8, 4) is 11.3 Å². The van der Waals surface area contributed by atoms with E-state index in [1.165, 1.54) is 0 Å². The number of hydrogen-bond acceptors (Lipinski definition) is 2. The predicted molar refractivity (Wildman–Crippen MR) is 98.8 cm³/mol. The number of anilines is 1. The lowest BCUT2D eigenvalue weighted by molar-refractivity contribution is 0.102.